The molecule has 84 valence electrons. The molecule has 0 saturated heterocycles. The molecule has 2 aromatic rings. The molecule has 0 amide bonds. The van der Waals surface area contributed by atoms with Crippen molar-refractivity contribution in [2.75, 3.05) is 0 Å². The van der Waals surface area contributed by atoms with Gasteiger partial charge in [0.2, 0.25) is 0 Å². The van der Waals surface area contributed by atoms with Gasteiger partial charge in [-0.2, -0.15) is 5.10 Å². The molecule has 0 bridgehead atoms. The smallest absolute Gasteiger partial charge is 0.150 e. The fourth-order valence-electron chi connectivity index (χ4n) is 1.65. The minimum atomic E-state index is -0.823. The Kier molecular flexibility index (Phi) is 2.52. The maximum absolute atomic E-state index is 10.7. The number of hydrogen-bond donors (Lipinski definition) is 1. The predicted octanol–water partition coefficient (Wildman–Crippen LogP) is 1.62. The molecule has 0 radical (unpaired) electrons. The van der Waals surface area contributed by atoms with Crippen LogP contribution in [-0.2, 0) is 6.54 Å². The quantitative estimate of drug-likeness (QED) is 0.796. The van der Waals surface area contributed by atoms with Gasteiger partial charge in [0.15, 0.2) is 0 Å². The number of fused-ring (bicyclic) bond motifs is 1. The fourth-order valence-corrected chi connectivity index (χ4v) is 1.65. The summed E-state index contributed by atoms with van der Waals surface area (Å²) in [5.74, 6) is 0. The molecule has 1 N–H and O–H groups in total. The van der Waals surface area contributed by atoms with Crippen molar-refractivity contribution < 1.29 is 9.90 Å². The van der Waals surface area contributed by atoms with E-state index >= 15 is 0 Å². The molecule has 0 atom stereocenters. The van der Waals surface area contributed by atoms with Gasteiger partial charge in [-0.25, -0.2) is 0 Å². The van der Waals surface area contributed by atoms with E-state index in [0.29, 0.717) is 12.1 Å². The van der Waals surface area contributed by atoms with E-state index in [1.54, 1.807) is 36.9 Å². The summed E-state index contributed by atoms with van der Waals surface area (Å²) in [5.41, 5.74) is 0.660. The van der Waals surface area contributed by atoms with E-state index in [1.807, 2.05) is 6.07 Å². The van der Waals surface area contributed by atoms with Crippen molar-refractivity contribution in [1.29, 1.82) is 0 Å². The van der Waals surface area contributed by atoms with Gasteiger partial charge in [-0.3, -0.25) is 9.48 Å². The summed E-state index contributed by atoms with van der Waals surface area (Å²) >= 11 is 0. The summed E-state index contributed by atoms with van der Waals surface area (Å²) in [6, 6.07) is 5.39. The van der Waals surface area contributed by atoms with Crippen LogP contribution in [0.25, 0.3) is 10.9 Å². The highest BCUT2D eigenvalue weighted by Crippen LogP contribution is 2.17. The van der Waals surface area contributed by atoms with E-state index < -0.39 is 5.60 Å². The highest BCUT2D eigenvalue weighted by molar-refractivity contribution is 5.86. The van der Waals surface area contributed by atoms with E-state index in [0.717, 1.165) is 17.2 Å². The number of aromatic nitrogens is 2. The number of aliphatic hydroxyl groups is 1. The summed E-state index contributed by atoms with van der Waals surface area (Å²) in [6.07, 6.45) is 2.54. The number of benzene rings is 1. The number of hydrogen-bond acceptors (Lipinski definition) is 3. The summed E-state index contributed by atoms with van der Waals surface area (Å²) < 4.78 is 1.71. The van der Waals surface area contributed by atoms with Gasteiger partial charge in [0, 0.05) is 10.9 Å². The lowest BCUT2D eigenvalue weighted by Gasteiger charge is -2.17. The van der Waals surface area contributed by atoms with Crippen LogP contribution < -0.4 is 0 Å². The maximum Gasteiger partial charge on any atom is 0.150 e. The van der Waals surface area contributed by atoms with Crippen molar-refractivity contribution in [3.63, 3.8) is 0 Å². The highest BCUT2D eigenvalue weighted by atomic mass is 16.3. The third-order valence-corrected chi connectivity index (χ3v) is 2.34. The van der Waals surface area contributed by atoms with Crippen LogP contribution in [0, 0.1) is 0 Å². The minimum Gasteiger partial charge on any atom is -0.389 e. The lowest BCUT2D eigenvalue weighted by atomic mass is 10.1. The first kappa shape index (κ1) is 10.8. The lowest BCUT2D eigenvalue weighted by Crippen LogP contribution is -2.26. The van der Waals surface area contributed by atoms with Crippen LogP contribution in [0.5, 0.6) is 0 Å². The molecule has 2 rings (SSSR count). The third kappa shape index (κ3) is 2.12. The van der Waals surface area contributed by atoms with E-state index in [2.05, 4.69) is 5.10 Å². The first-order chi connectivity index (χ1) is 7.49. The number of nitrogens with zero attached hydrogens (tertiary/aromatic N) is 2. The van der Waals surface area contributed by atoms with E-state index in [1.165, 1.54) is 0 Å². The summed E-state index contributed by atoms with van der Waals surface area (Å²) in [5, 5.41) is 14.9. The Morgan fingerprint density at radius 3 is 2.88 bits per heavy atom. The van der Waals surface area contributed by atoms with Gasteiger partial charge < -0.3 is 5.11 Å². The van der Waals surface area contributed by atoms with E-state index in [4.69, 9.17) is 0 Å². The first-order valence-corrected chi connectivity index (χ1v) is 5.13. The van der Waals surface area contributed by atoms with Gasteiger partial charge in [0.1, 0.15) is 6.29 Å². The molecule has 0 spiro atoms. The van der Waals surface area contributed by atoms with Crippen LogP contribution in [-0.4, -0.2) is 26.8 Å². The number of carbonyl (C=O) groups excluding carboxylic acids is 1. The summed E-state index contributed by atoms with van der Waals surface area (Å²) in [7, 11) is 0. The molecule has 0 fully saturated rings. The van der Waals surface area contributed by atoms with Gasteiger partial charge in [-0.05, 0) is 19.9 Å². The zero-order chi connectivity index (χ0) is 11.8. The van der Waals surface area contributed by atoms with Crippen LogP contribution in [0.1, 0.15) is 24.2 Å². The normalized spacial score (nSPS) is 11.9. The van der Waals surface area contributed by atoms with Crippen molar-refractivity contribution in [1.82, 2.24) is 9.78 Å². The van der Waals surface area contributed by atoms with Crippen LogP contribution in [0.3, 0.4) is 0 Å². The molecule has 0 unspecified atom stereocenters. The summed E-state index contributed by atoms with van der Waals surface area (Å²) in [6.45, 7) is 3.85. The van der Waals surface area contributed by atoms with Crippen LogP contribution in [0.4, 0.5) is 0 Å². The van der Waals surface area contributed by atoms with Crippen molar-refractivity contribution in [2.45, 2.75) is 26.0 Å². The van der Waals surface area contributed by atoms with Gasteiger partial charge >= 0.3 is 0 Å². The molecule has 1 aromatic heterocycles. The second kappa shape index (κ2) is 3.72. The Morgan fingerprint density at radius 2 is 2.25 bits per heavy atom. The average Bonchev–Trinajstić information content (AvgIpc) is 2.58. The molecule has 4 nitrogen and oxygen atoms in total. The highest BCUT2D eigenvalue weighted by Gasteiger charge is 2.15. The first-order valence-electron chi connectivity index (χ1n) is 5.13. The van der Waals surface area contributed by atoms with Crippen LogP contribution in [0.2, 0.25) is 0 Å². The van der Waals surface area contributed by atoms with Crippen molar-refractivity contribution >= 4 is 17.2 Å². The fraction of sp³-hybridized carbons (Fsp3) is 0.333. The zero-order valence-electron chi connectivity index (χ0n) is 9.34. The van der Waals surface area contributed by atoms with Crippen molar-refractivity contribution in [2.24, 2.45) is 0 Å². The number of aldehydes is 1. The standard InChI is InChI=1S/C12H14N2O2/c1-12(2,16)8-14-11-5-9(7-15)3-4-10(11)6-13-14/h3-7,16H,8H2,1-2H3. The van der Waals surface area contributed by atoms with Crippen LogP contribution in [0.15, 0.2) is 24.4 Å². The monoisotopic (exact) mass is 218 g/mol. The Labute approximate surface area is 93.5 Å². The largest absolute Gasteiger partial charge is 0.389 e. The van der Waals surface area contributed by atoms with E-state index in [-0.39, 0.29) is 0 Å². The van der Waals surface area contributed by atoms with Crippen molar-refractivity contribution in [3.8, 4) is 0 Å². The maximum atomic E-state index is 10.7. The Hall–Kier alpha value is -1.68. The molecule has 4 heteroatoms. The number of carbonyl (C=O) groups is 1. The average molecular weight is 218 g/mol. The van der Waals surface area contributed by atoms with Crippen molar-refractivity contribution in [3.05, 3.63) is 30.0 Å². The molecule has 16 heavy (non-hydrogen) atoms. The molecular weight excluding hydrogens is 204 g/mol. The third-order valence-electron chi connectivity index (χ3n) is 2.34. The predicted molar refractivity (Wildman–Crippen MR) is 61.4 cm³/mol. The molecule has 0 aliphatic rings. The Bertz CT molecular complexity index is 523. The van der Waals surface area contributed by atoms with Gasteiger partial charge in [0.05, 0.1) is 23.9 Å². The summed E-state index contributed by atoms with van der Waals surface area (Å²) in [4.78, 5) is 10.7. The van der Waals surface area contributed by atoms with Gasteiger partial charge in [-0.1, -0.05) is 12.1 Å². The zero-order valence-corrected chi connectivity index (χ0v) is 9.34. The molecule has 0 aliphatic carbocycles. The SMILES string of the molecule is CC(C)(O)Cn1ncc2ccc(C=O)cc21. The number of rotatable bonds is 3. The van der Waals surface area contributed by atoms with Gasteiger partial charge in [-0.15, -0.1) is 0 Å². The topological polar surface area (TPSA) is 55.1 Å². The van der Waals surface area contributed by atoms with E-state index in [9.17, 15) is 9.90 Å². The Morgan fingerprint density at radius 1 is 1.50 bits per heavy atom. The lowest BCUT2D eigenvalue weighted by molar-refractivity contribution is 0.0591. The van der Waals surface area contributed by atoms with Crippen LogP contribution >= 0.6 is 0 Å². The molecule has 0 aliphatic heterocycles. The van der Waals surface area contributed by atoms with Gasteiger partial charge in [0.25, 0.3) is 0 Å². The molecule has 1 heterocycles. The molecule has 1 aromatic carbocycles. The second-order valence-electron chi connectivity index (χ2n) is 4.55. The minimum absolute atomic E-state index is 0.402. The second-order valence-corrected chi connectivity index (χ2v) is 4.55. The molecular formula is C12H14N2O2. The molecule has 0 saturated carbocycles. The Balaban J connectivity index is 2.50.